The fraction of sp³-hybridized carbons (Fsp3) is 0.500. The first-order valence-corrected chi connectivity index (χ1v) is 6.21. The monoisotopic (exact) mass is 267 g/mol. The van der Waals surface area contributed by atoms with E-state index in [1.54, 1.807) is 0 Å². The Morgan fingerprint density at radius 3 is 2.40 bits per heavy atom. The van der Waals surface area contributed by atoms with Crippen LogP contribution >= 0.6 is 15.9 Å². The molecular formula is C12H14BrNO. The summed E-state index contributed by atoms with van der Waals surface area (Å²) in [5, 5.41) is 0. The first-order valence-electron chi connectivity index (χ1n) is 5.42. The van der Waals surface area contributed by atoms with Gasteiger partial charge in [-0.05, 0) is 30.5 Å². The van der Waals surface area contributed by atoms with Gasteiger partial charge in [-0.15, -0.1) is 0 Å². The highest BCUT2D eigenvalue weighted by Crippen LogP contribution is 2.43. The molecule has 0 aromatic heterocycles. The molecule has 15 heavy (non-hydrogen) atoms. The van der Waals surface area contributed by atoms with E-state index in [9.17, 15) is 0 Å². The Morgan fingerprint density at radius 2 is 1.80 bits per heavy atom. The molecule has 2 saturated heterocycles. The van der Waals surface area contributed by atoms with Crippen molar-refractivity contribution in [3.8, 4) is 0 Å². The maximum atomic E-state index is 6.20. The molecule has 0 saturated carbocycles. The van der Waals surface area contributed by atoms with Gasteiger partial charge in [0.2, 0.25) is 0 Å². The van der Waals surface area contributed by atoms with Crippen molar-refractivity contribution in [3.05, 3.63) is 34.3 Å². The van der Waals surface area contributed by atoms with Crippen molar-refractivity contribution in [2.45, 2.75) is 37.0 Å². The van der Waals surface area contributed by atoms with Gasteiger partial charge in [-0.2, -0.15) is 0 Å². The molecule has 2 heterocycles. The van der Waals surface area contributed by atoms with Crippen molar-refractivity contribution >= 4 is 15.9 Å². The van der Waals surface area contributed by atoms with E-state index in [-0.39, 0.29) is 6.04 Å². The predicted octanol–water partition coefficient (Wildman–Crippen LogP) is 2.42. The molecular weight excluding hydrogens is 254 g/mol. The minimum absolute atomic E-state index is 0.185. The van der Waals surface area contributed by atoms with Crippen LogP contribution in [0.25, 0.3) is 0 Å². The molecule has 0 spiro atoms. The summed E-state index contributed by atoms with van der Waals surface area (Å²) in [6.45, 7) is 0. The summed E-state index contributed by atoms with van der Waals surface area (Å²) in [5.41, 5.74) is 7.52. The van der Waals surface area contributed by atoms with Crippen molar-refractivity contribution in [3.63, 3.8) is 0 Å². The molecule has 1 aromatic rings. The molecule has 1 aromatic carbocycles. The molecule has 0 radical (unpaired) electrons. The Hall–Kier alpha value is -0.380. The highest BCUT2D eigenvalue weighted by molar-refractivity contribution is 9.10. The third-order valence-electron chi connectivity index (χ3n) is 3.58. The number of benzene rings is 1. The Kier molecular flexibility index (Phi) is 2.34. The standard InChI is InChI=1S/C12H14BrNO/c13-8-3-1-7(2-4-8)11-9-5-6-10(15-9)12(11)14/h1-4,9-12H,5-6,14H2. The van der Waals surface area contributed by atoms with Gasteiger partial charge in [-0.1, -0.05) is 28.1 Å². The van der Waals surface area contributed by atoms with Crippen molar-refractivity contribution in [2.24, 2.45) is 5.73 Å². The summed E-state index contributed by atoms with van der Waals surface area (Å²) in [6.07, 6.45) is 2.95. The first kappa shape index (κ1) is 9.82. The van der Waals surface area contributed by atoms with Gasteiger partial charge in [-0.25, -0.2) is 0 Å². The van der Waals surface area contributed by atoms with E-state index in [1.165, 1.54) is 12.0 Å². The van der Waals surface area contributed by atoms with Gasteiger partial charge >= 0.3 is 0 Å². The van der Waals surface area contributed by atoms with Crippen molar-refractivity contribution in [2.75, 3.05) is 0 Å². The third-order valence-corrected chi connectivity index (χ3v) is 4.11. The summed E-state index contributed by atoms with van der Waals surface area (Å²) >= 11 is 3.45. The molecule has 2 bridgehead atoms. The normalized spacial score (nSPS) is 38.5. The second kappa shape index (κ2) is 3.58. The van der Waals surface area contributed by atoms with Crippen LogP contribution in [-0.2, 0) is 4.74 Å². The summed E-state index contributed by atoms with van der Waals surface area (Å²) < 4.78 is 6.96. The second-order valence-electron chi connectivity index (χ2n) is 4.45. The number of hydrogen-bond donors (Lipinski definition) is 1. The average Bonchev–Trinajstić information content (AvgIpc) is 2.80. The molecule has 2 aliphatic rings. The third kappa shape index (κ3) is 1.53. The van der Waals surface area contributed by atoms with Gasteiger partial charge in [0.25, 0.3) is 0 Å². The molecule has 2 fully saturated rings. The quantitative estimate of drug-likeness (QED) is 0.849. The smallest absolute Gasteiger partial charge is 0.0737 e. The summed E-state index contributed by atoms with van der Waals surface area (Å²) in [6, 6.07) is 8.64. The number of fused-ring (bicyclic) bond motifs is 2. The maximum Gasteiger partial charge on any atom is 0.0737 e. The van der Waals surface area contributed by atoms with E-state index >= 15 is 0 Å². The van der Waals surface area contributed by atoms with Gasteiger partial charge < -0.3 is 10.5 Å². The van der Waals surface area contributed by atoms with E-state index in [2.05, 4.69) is 40.2 Å². The van der Waals surface area contributed by atoms with Crippen LogP contribution in [-0.4, -0.2) is 18.2 Å². The minimum atomic E-state index is 0.185. The molecule has 2 N–H and O–H groups in total. The second-order valence-corrected chi connectivity index (χ2v) is 5.36. The number of ether oxygens (including phenoxy) is 1. The van der Waals surface area contributed by atoms with Crippen LogP contribution in [0.4, 0.5) is 0 Å². The van der Waals surface area contributed by atoms with Gasteiger partial charge in [0.1, 0.15) is 0 Å². The summed E-state index contributed by atoms with van der Waals surface area (Å²) in [7, 11) is 0. The Balaban J connectivity index is 1.91. The van der Waals surface area contributed by atoms with Crippen LogP contribution in [0.5, 0.6) is 0 Å². The van der Waals surface area contributed by atoms with Gasteiger partial charge in [-0.3, -0.25) is 0 Å². The predicted molar refractivity (Wildman–Crippen MR) is 62.8 cm³/mol. The van der Waals surface area contributed by atoms with E-state index < -0.39 is 0 Å². The largest absolute Gasteiger partial charge is 0.373 e. The molecule has 0 amide bonds. The lowest BCUT2D eigenvalue weighted by molar-refractivity contribution is 0.0976. The lowest BCUT2D eigenvalue weighted by Crippen LogP contribution is -2.38. The molecule has 4 unspecified atom stereocenters. The van der Waals surface area contributed by atoms with Crippen LogP contribution in [0.3, 0.4) is 0 Å². The fourth-order valence-electron chi connectivity index (χ4n) is 2.84. The van der Waals surface area contributed by atoms with Crippen LogP contribution in [0.15, 0.2) is 28.7 Å². The lowest BCUT2D eigenvalue weighted by atomic mass is 9.80. The number of halogens is 1. The van der Waals surface area contributed by atoms with Crippen LogP contribution in [0.2, 0.25) is 0 Å². The number of hydrogen-bond acceptors (Lipinski definition) is 2. The maximum absolute atomic E-state index is 6.20. The molecule has 0 aliphatic carbocycles. The molecule has 3 rings (SSSR count). The minimum Gasteiger partial charge on any atom is -0.373 e. The highest BCUT2D eigenvalue weighted by atomic mass is 79.9. The molecule has 4 atom stereocenters. The van der Waals surface area contributed by atoms with Crippen LogP contribution in [0, 0.1) is 0 Å². The van der Waals surface area contributed by atoms with E-state index in [4.69, 9.17) is 10.5 Å². The van der Waals surface area contributed by atoms with Crippen LogP contribution < -0.4 is 5.73 Å². The van der Waals surface area contributed by atoms with Gasteiger partial charge in [0.15, 0.2) is 0 Å². The highest BCUT2D eigenvalue weighted by Gasteiger charge is 2.47. The van der Waals surface area contributed by atoms with Gasteiger partial charge in [0.05, 0.1) is 12.2 Å². The van der Waals surface area contributed by atoms with Crippen molar-refractivity contribution in [1.29, 1.82) is 0 Å². The zero-order valence-electron chi connectivity index (χ0n) is 8.40. The molecule has 3 heteroatoms. The van der Waals surface area contributed by atoms with E-state index in [0.29, 0.717) is 18.1 Å². The molecule has 2 aliphatic heterocycles. The fourth-order valence-corrected chi connectivity index (χ4v) is 3.10. The van der Waals surface area contributed by atoms with Crippen molar-refractivity contribution < 1.29 is 4.74 Å². The SMILES string of the molecule is NC1C2CCC(O2)C1c1ccc(Br)cc1. The Morgan fingerprint density at radius 1 is 1.13 bits per heavy atom. The number of nitrogens with two attached hydrogens (primary N) is 1. The van der Waals surface area contributed by atoms with E-state index in [0.717, 1.165) is 10.9 Å². The van der Waals surface area contributed by atoms with Crippen LogP contribution in [0.1, 0.15) is 24.3 Å². The first-order chi connectivity index (χ1) is 7.25. The molecule has 80 valence electrons. The number of rotatable bonds is 1. The summed E-state index contributed by atoms with van der Waals surface area (Å²) in [5.74, 6) is 0.400. The van der Waals surface area contributed by atoms with E-state index in [1.807, 2.05) is 0 Å². The lowest BCUT2D eigenvalue weighted by Gasteiger charge is -2.25. The van der Waals surface area contributed by atoms with Gasteiger partial charge in [0, 0.05) is 16.4 Å². The summed E-state index contributed by atoms with van der Waals surface area (Å²) in [4.78, 5) is 0. The molecule has 2 nitrogen and oxygen atoms in total. The zero-order chi connectivity index (χ0) is 10.4. The Bertz CT molecular complexity index is 362. The Labute approximate surface area is 97.9 Å². The van der Waals surface area contributed by atoms with Crippen molar-refractivity contribution in [1.82, 2.24) is 0 Å². The zero-order valence-corrected chi connectivity index (χ0v) is 9.98. The topological polar surface area (TPSA) is 35.2 Å². The average molecular weight is 268 g/mol.